The molecule has 2 aromatic heterocycles. The molecule has 166 valence electrons. The summed E-state index contributed by atoms with van der Waals surface area (Å²) in [5, 5.41) is 10.5. The van der Waals surface area contributed by atoms with Gasteiger partial charge in [-0.25, -0.2) is 0 Å². The highest BCUT2D eigenvalue weighted by atomic mass is 32.1. The van der Waals surface area contributed by atoms with Crippen molar-refractivity contribution < 1.29 is 4.52 Å². The molecule has 0 spiro atoms. The summed E-state index contributed by atoms with van der Waals surface area (Å²) in [5.74, 6) is 1.10. The number of thiocarbonyl (C=S) groups is 1. The van der Waals surface area contributed by atoms with E-state index in [1.807, 2.05) is 35.7 Å². The van der Waals surface area contributed by atoms with Gasteiger partial charge in [0.2, 0.25) is 5.82 Å². The molecule has 1 N–H and O–H groups in total. The van der Waals surface area contributed by atoms with Crippen molar-refractivity contribution in [2.24, 2.45) is 0 Å². The second-order valence-corrected chi connectivity index (χ2v) is 9.28. The maximum Gasteiger partial charge on any atom is 0.258 e. The third-order valence-electron chi connectivity index (χ3n) is 5.90. The standard InChI is InChI=1S/C26H24N4OS2/c1-3-18-11-13-19(14-12-18)16-30-17(2)22(23(27-26(30)32)20-8-5-4-6-9-20)25-28-24(29-31-25)21-10-7-15-33-21/h4-15,23H,3,16H2,1-2H3,(H,27,32). The predicted molar refractivity (Wildman–Crippen MR) is 136 cm³/mol. The molecule has 0 saturated carbocycles. The van der Waals surface area contributed by atoms with Crippen molar-refractivity contribution in [1.29, 1.82) is 0 Å². The number of benzene rings is 2. The molecule has 0 amide bonds. The van der Waals surface area contributed by atoms with Crippen LogP contribution in [0.2, 0.25) is 0 Å². The highest BCUT2D eigenvalue weighted by Crippen LogP contribution is 2.38. The van der Waals surface area contributed by atoms with Gasteiger partial charge in [-0.15, -0.1) is 11.3 Å². The second kappa shape index (κ2) is 9.29. The molecule has 7 heteroatoms. The van der Waals surface area contributed by atoms with Gasteiger partial charge in [-0.1, -0.05) is 72.7 Å². The summed E-state index contributed by atoms with van der Waals surface area (Å²) in [6.07, 6.45) is 1.02. The fraction of sp³-hybridized carbons (Fsp3) is 0.192. The highest BCUT2D eigenvalue weighted by molar-refractivity contribution is 7.80. The van der Waals surface area contributed by atoms with Crippen molar-refractivity contribution >= 4 is 34.2 Å². The minimum absolute atomic E-state index is 0.172. The molecule has 3 heterocycles. The van der Waals surface area contributed by atoms with Crippen molar-refractivity contribution in [2.75, 3.05) is 0 Å². The van der Waals surface area contributed by atoms with Crippen LogP contribution < -0.4 is 5.32 Å². The molecule has 0 saturated heterocycles. The van der Waals surface area contributed by atoms with E-state index >= 15 is 0 Å². The third-order valence-corrected chi connectivity index (χ3v) is 7.10. The van der Waals surface area contributed by atoms with Gasteiger partial charge in [0.05, 0.1) is 16.5 Å². The SMILES string of the molecule is CCc1ccc(CN2C(=S)NC(c3ccccc3)C(c3nc(-c4cccs4)no3)=C2C)cc1. The summed E-state index contributed by atoms with van der Waals surface area (Å²) in [6, 6.07) is 22.7. The number of thiophene rings is 1. The third kappa shape index (κ3) is 4.34. The lowest BCUT2D eigenvalue weighted by Crippen LogP contribution is -2.45. The van der Waals surface area contributed by atoms with Crippen LogP contribution in [-0.2, 0) is 13.0 Å². The molecule has 0 radical (unpaired) electrons. The molecule has 5 rings (SSSR count). The second-order valence-electron chi connectivity index (χ2n) is 7.95. The summed E-state index contributed by atoms with van der Waals surface area (Å²) in [5.41, 5.74) is 5.56. The Kier molecular flexibility index (Phi) is 6.07. The van der Waals surface area contributed by atoms with Crippen LogP contribution in [0.3, 0.4) is 0 Å². The van der Waals surface area contributed by atoms with E-state index in [9.17, 15) is 0 Å². The Morgan fingerprint density at radius 1 is 1.03 bits per heavy atom. The molecular weight excluding hydrogens is 448 g/mol. The van der Waals surface area contributed by atoms with Crippen molar-refractivity contribution in [3.8, 4) is 10.7 Å². The Morgan fingerprint density at radius 2 is 1.79 bits per heavy atom. The van der Waals surface area contributed by atoms with Gasteiger partial charge in [0.1, 0.15) is 0 Å². The van der Waals surface area contributed by atoms with Crippen LogP contribution in [0, 0.1) is 0 Å². The van der Waals surface area contributed by atoms with Gasteiger partial charge in [0.15, 0.2) is 5.11 Å². The normalized spacial score (nSPS) is 16.2. The molecule has 0 bridgehead atoms. The first-order valence-electron chi connectivity index (χ1n) is 10.9. The quantitative estimate of drug-likeness (QED) is 0.336. The zero-order valence-electron chi connectivity index (χ0n) is 18.5. The molecular formula is C26H24N4OS2. The van der Waals surface area contributed by atoms with Crippen molar-refractivity contribution in [2.45, 2.75) is 32.9 Å². The average Bonchev–Trinajstić information content (AvgIpc) is 3.55. The monoisotopic (exact) mass is 472 g/mol. The van der Waals surface area contributed by atoms with Gasteiger partial charge in [-0.05, 0) is 53.7 Å². The van der Waals surface area contributed by atoms with Gasteiger partial charge >= 0.3 is 0 Å². The van der Waals surface area contributed by atoms with E-state index < -0.39 is 0 Å². The lowest BCUT2D eigenvalue weighted by atomic mass is 9.94. The Labute approximate surface area is 202 Å². The van der Waals surface area contributed by atoms with Crippen LogP contribution in [-0.4, -0.2) is 20.2 Å². The minimum Gasteiger partial charge on any atom is -0.351 e. The first kappa shape index (κ1) is 21.6. The van der Waals surface area contributed by atoms with E-state index in [0.717, 1.165) is 28.1 Å². The number of aryl methyl sites for hydroxylation is 1. The molecule has 1 aliphatic heterocycles. The smallest absolute Gasteiger partial charge is 0.258 e. The van der Waals surface area contributed by atoms with Crippen molar-refractivity contribution in [3.63, 3.8) is 0 Å². The maximum absolute atomic E-state index is 5.82. The van der Waals surface area contributed by atoms with E-state index in [0.29, 0.717) is 23.4 Å². The topological polar surface area (TPSA) is 54.2 Å². The van der Waals surface area contributed by atoms with Crippen LogP contribution >= 0.6 is 23.6 Å². The molecule has 1 aliphatic rings. The van der Waals surface area contributed by atoms with Gasteiger partial charge in [-0.2, -0.15) is 4.98 Å². The van der Waals surface area contributed by atoms with Crippen LogP contribution in [0.15, 0.2) is 82.3 Å². The summed E-state index contributed by atoms with van der Waals surface area (Å²) < 4.78 is 5.79. The first-order chi connectivity index (χ1) is 16.1. The fourth-order valence-corrected chi connectivity index (χ4v) is 5.01. The number of hydrogen-bond acceptors (Lipinski definition) is 5. The van der Waals surface area contributed by atoms with Gasteiger partial charge in [0.25, 0.3) is 5.89 Å². The largest absolute Gasteiger partial charge is 0.351 e. The Morgan fingerprint density at radius 3 is 2.48 bits per heavy atom. The summed E-state index contributed by atoms with van der Waals surface area (Å²) in [4.78, 5) is 7.85. The number of nitrogens with one attached hydrogen (secondary N) is 1. The van der Waals surface area contributed by atoms with Crippen molar-refractivity contribution in [1.82, 2.24) is 20.4 Å². The van der Waals surface area contributed by atoms with Crippen LogP contribution in [0.25, 0.3) is 16.3 Å². The molecule has 4 aromatic rings. The number of allylic oxidation sites excluding steroid dienone is 1. The van der Waals surface area contributed by atoms with E-state index in [1.165, 1.54) is 11.1 Å². The number of rotatable bonds is 6. The number of aromatic nitrogens is 2. The van der Waals surface area contributed by atoms with E-state index in [-0.39, 0.29) is 6.04 Å². The lowest BCUT2D eigenvalue weighted by molar-refractivity contribution is 0.396. The zero-order valence-corrected chi connectivity index (χ0v) is 20.1. The van der Waals surface area contributed by atoms with Crippen LogP contribution in [0.5, 0.6) is 0 Å². The van der Waals surface area contributed by atoms with Gasteiger partial charge in [0, 0.05) is 12.2 Å². The van der Waals surface area contributed by atoms with Crippen LogP contribution in [0.1, 0.15) is 42.5 Å². The molecule has 1 atom stereocenters. The Balaban J connectivity index is 1.56. The molecule has 0 aliphatic carbocycles. The first-order valence-corrected chi connectivity index (χ1v) is 12.2. The molecule has 5 nitrogen and oxygen atoms in total. The number of nitrogens with zero attached hydrogens (tertiary/aromatic N) is 3. The van der Waals surface area contributed by atoms with Crippen LogP contribution in [0.4, 0.5) is 0 Å². The van der Waals surface area contributed by atoms with E-state index in [1.54, 1.807) is 11.3 Å². The van der Waals surface area contributed by atoms with E-state index in [2.05, 4.69) is 65.6 Å². The highest BCUT2D eigenvalue weighted by Gasteiger charge is 2.34. The molecule has 1 unspecified atom stereocenters. The van der Waals surface area contributed by atoms with Crippen molar-refractivity contribution in [3.05, 3.63) is 100 Å². The molecule has 2 aromatic carbocycles. The van der Waals surface area contributed by atoms with Gasteiger partial charge in [-0.3, -0.25) is 0 Å². The van der Waals surface area contributed by atoms with Gasteiger partial charge < -0.3 is 14.7 Å². The predicted octanol–water partition coefficient (Wildman–Crippen LogP) is 6.22. The lowest BCUT2D eigenvalue weighted by Gasteiger charge is -2.37. The summed E-state index contributed by atoms with van der Waals surface area (Å²) in [6.45, 7) is 4.91. The summed E-state index contributed by atoms with van der Waals surface area (Å²) in [7, 11) is 0. The fourth-order valence-electron chi connectivity index (χ4n) is 4.05. The Bertz CT molecular complexity index is 1280. The average molecular weight is 473 g/mol. The number of hydrogen-bond donors (Lipinski definition) is 1. The molecule has 33 heavy (non-hydrogen) atoms. The molecule has 0 fully saturated rings. The maximum atomic E-state index is 5.82. The zero-order chi connectivity index (χ0) is 22.8. The minimum atomic E-state index is -0.172. The Hall–Kier alpha value is -3.29. The summed E-state index contributed by atoms with van der Waals surface area (Å²) >= 11 is 7.41. The van der Waals surface area contributed by atoms with E-state index in [4.69, 9.17) is 21.7 Å².